The molecule has 5 nitrogen and oxygen atoms in total. The molecular weight excluding hydrogens is 362 g/mol. The monoisotopic (exact) mass is 397 g/mol. The Kier molecular flexibility index (Phi) is 5.59. The summed E-state index contributed by atoms with van der Waals surface area (Å²) in [6.45, 7) is 7.22. The lowest BCUT2D eigenvalue weighted by molar-refractivity contribution is -0.181. The first kappa shape index (κ1) is 20.9. The SMILES string of the molecule is CC12CC3CC(C)(C1)CC(C(=O)N1CCCC(C(=O)NCCN)C1)(C3)C2.Cl. The lowest BCUT2D eigenvalue weighted by Gasteiger charge is -2.65. The Morgan fingerprint density at radius 1 is 1.11 bits per heavy atom. The highest BCUT2D eigenvalue weighted by Gasteiger charge is 2.63. The van der Waals surface area contributed by atoms with Crippen LogP contribution in [0.1, 0.15) is 65.2 Å². The number of piperidine rings is 1. The molecule has 0 aromatic heterocycles. The van der Waals surface area contributed by atoms with Gasteiger partial charge >= 0.3 is 0 Å². The van der Waals surface area contributed by atoms with Crippen LogP contribution in [0.5, 0.6) is 0 Å². The van der Waals surface area contributed by atoms with Crippen molar-refractivity contribution < 1.29 is 9.59 Å². The molecule has 6 heteroatoms. The number of hydrogen-bond donors (Lipinski definition) is 2. The third-order valence-corrected chi connectivity index (χ3v) is 7.60. The maximum absolute atomic E-state index is 13.7. The molecule has 4 bridgehead atoms. The Morgan fingerprint density at radius 2 is 1.78 bits per heavy atom. The van der Waals surface area contributed by atoms with E-state index in [2.05, 4.69) is 19.2 Å². The fraction of sp³-hybridized carbons (Fsp3) is 0.905. The summed E-state index contributed by atoms with van der Waals surface area (Å²) in [4.78, 5) is 28.1. The van der Waals surface area contributed by atoms with Gasteiger partial charge in [0, 0.05) is 26.2 Å². The van der Waals surface area contributed by atoms with Crippen molar-refractivity contribution in [3.63, 3.8) is 0 Å². The van der Waals surface area contributed by atoms with Crippen molar-refractivity contribution in [2.24, 2.45) is 33.8 Å². The molecule has 1 aliphatic heterocycles. The molecule has 0 aromatic rings. The van der Waals surface area contributed by atoms with E-state index >= 15 is 0 Å². The summed E-state index contributed by atoms with van der Waals surface area (Å²) in [5.41, 5.74) is 6.03. The second-order valence-electron chi connectivity index (χ2n) is 10.6. The van der Waals surface area contributed by atoms with Gasteiger partial charge < -0.3 is 16.0 Å². The van der Waals surface area contributed by atoms with Gasteiger partial charge in [0.1, 0.15) is 0 Å². The predicted molar refractivity (Wildman–Crippen MR) is 108 cm³/mol. The van der Waals surface area contributed by atoms with Crippen LogP contribution in [0.25, 0.3) is 0 Å². The minimum atomic E-state index is -0.154. The number of nitrogens with one attached hydrogen (secondary N) is 1. The van der Waals surface area contributed by atoms with Gasteiger partial charge in [-0.2, -0.15) is 0 Å². The molecule has 1 saturated heterocycles. The van der Waals surface area contributed by atoms with E-state index in [0.29, 0.717) is 36.4 Å². The molecule has 5 rings (SSSR count). The number of rotatable bonds is 4. The van der Waals surface area contributed by atoms with Crippen LogP contribution in [0.2, 0.25) is 0 Å². The second-order valence-corrected chi connectivity index (χ2v) is 10.6. The van der Waals surface area contributed by atoms with Crippen LogP contribution in [0.15, 0.2) is 0 Å². The van der Waals surface area contributed by atoms with Gasteiger partial charge in [-0.15, -0.1) is 12.4 Å². The van der Waals surface area contributed by atoms with Crippen LogP contribution in [0.4, 0.5) is 0 Å². The molecule has 0 spiro atoms. The number of carbonyl (C=O) groups excluding carboxylic acids is 2. The number of nitrogens with two attached hydrogens (primary N) is 1. The maximum Gasteiger partial charge on any atom is 0.228 e. The number of hydrogen-bond acceptors (Lipinski definition) is 3. The predicted octanol–water partition coefficient (Wildman–Crippen LogP) is 2.72. The first-order valence-corrected chi connectivity index (χ1v) is 10.5. The molecule has 27 heavy (non-hydrogen) atoms. The van der Waals surface area contributed by atoms with Crippen molar-refractivity contribution in [1.29, 1.82) is 0 Å². The Hall–Kier alpha value is -0.810. The molecule has 0 aromatic carbocycles. The number of amides is 2. The number of nitrogens with zero attached hydrogens (tertiary/aromatic N) is 1. The van der Waals surface area contributed by atoms with Gasteiger partial charge in [0.15, 0.2) is 0 Å². The Bertz CT molecular complexity index is 592. The molecule has 0 radical (unpaired) electrons. The van der Waals surface area contributed by atoms with Crippen LogP contribution >= 0.6 is 12.4 Å². The van der Waals surface area contributed by atoms with Crippen molar-refractivity contribution in [2.75, 3.05) is 26.2 Å². The number of likely N-dealkylation sites (tertiary alicyclic amines) is 1. The molecule has 5 fully saturated rings. The van der Waals surface area contributed by atoms with E-state index in [1.165, 1.54) is 19.3 Å². The zero-order chi connectivity index (χ0) is 18.6. The van der Waals surface area contributed by atoms with Gasteiger partial charge in [-0.25, -0.2) is 0 Å². The zero-order valence-corrected chi connectivity index (χ0v) is 17.7. The summed E-state index contributed by atoms with van der Waals surface area (Å²) in [6, 6.07) is 0. The van der Waals surface area contributed by atoms with Gasteiger partial charge in [0.05, 0.1) is 11.3 Å². The molecule has 3 atom stereocenters. The van der Waals surface area contributed by atoms with Crippen LogP contribution in [-0.4, -0.2) is 42.9 Å². The molecule has 154 valence electrons. The van der Waals surface area contributed by atoms with Crippen molar-refractivity contribution in [3.8, 4) is 0 Å². The van der Waals surface area contributed by atoms with Gasteiger partial charge in [0.2, 0.25) is 11.8 Å². The highest BCUT2D eigenvalue weighted by atomic mass is 35.5. The first-order valence-electron chi connectivity index (χ1n) is 10.5. The van der Waals surface area contributed by atoms with Crippen molar-refractivity contribution in [2.45, 2.75) is 65.2 Å². The van der Waals surface area contributed by atoms with Gasteiger partial charge in [-0.3, -0.25) is 9.59 Å². The third-order valence-electron chi connectivity index (χ3n) is 7.60. The second kappa shape index (κ2) is 7.22. The summed E-state index contributed by atoms with van der Waals surface area (Å²) < 4.78 is 0. The van der Waals surface area contributed by atoms with Gasteiger partial charge in [-0.05, 0) is 68.1 Å². The zero-order valence-electron chi connectivity index (χ0n) is 16.9. The molecular formula is C21H36ClN3O2. The molecule has 3 unspecified atom stereocenters. The topological polar surface area (TPSA) is 75.4 Å². The largest absolute Gasteiger partial charge is 0.355 e. The fourth-order valence-corrected chi connectivity index (χ4v) is 7.74. The van der Waals surface area contributed by atoms with E-state index < -0.39 is 0 Å². The summed E-state index contributed by atoms with van der Waals surface area (Å²) in [5.74, 6) is 1.07. The van der Waals surface area contributed by atoms with Crippen LogP contribution < -0.4 is 11.1 Å². The molecule has 4 saturated carbocycles. The molecule has 5 aliphatic rings. The van der Waals surface area contributed by atoms with E-state index in [4.69, 9.17) is 5.73 Å². The van der Waals surface area contributed by atoms with E-state index in [-0.39, 0.29) is 29.6 Å². The van der Waals surface area contributed by atoms with Crippen molar-refractivity contribution in [3.05, 3.63) is 0 Å². The van der Waals surface area contributed by atoms with Gasteiger partial charge in [0.25, 0.3) is 0 Å². The lowest BCUT2D eigenvalue weighted by Crippen LogP contribution is -2.61. The van der Waals surface area contributed by atoms with E-state index in [1.807, 2.05) is 4.90 Å². The van der Waals surface area contributed by atoms with E-state index in [0.717, 1.165) is 44.6 Å². The Morgan fingerprint density at radius 3 is 2.37 bits per heavy atom. The summed E-state index contributed by atoms with van der Waals surface area (Å²) in [6.07, 6.45) is 8.92. The summed E-state index contributed by atoms with van der Waals surface area (Å²) in [5, 5.41) is 2.91. The Labute approximate surface area is 169 Å². The third kappa shape index (κ3) is 3.74. The average Bonchev–Trinajstić information content (AvgIpc) is 2.56. The normalized spacial score (nSPS) is 42.6. The van der Waals surface area contributed by atoms with Crippen molar-refractivity contribution >= 4 is 24.2 Å². The highest BCUT2D eigenvalue weighted by molar-refractivity contribution is 5.86. The standard InChI is InChI=1S/C21H35N3O2.ClH/c1-19-8-15-9-20(2,12-19)14-21(10-15,13-19)18(26)24-7-3-4-16(11-24)17(25)23-6-5-22;/h15-16H,3-14,22H2,1-2H3,(H,23,25);1H. The minimum absolute atomic E-state index is 0. The lowest BCUT2D eigenvalue weighted by atomic mass is 9.40. The smallest absolute Gasteiger partial charge is 0.228 e. The minimum Gasteiger partial charge on any atom is -0.355 e. The molecule has 2 amide bonds. The van der Waals surface area contributed by atoms with E-state index in [1.54, 1.807) is 0 Å². The van der Waals surface area contributed by atoms with Crippen molar-refractivity contribution in [1.82, 2.24) is 10.2 Å². The van der Waals surface area contributed by atoms with Crippen LogP contribution in [-0.2, 0) is 9.59 Å². The summed E-state index contributed by atoms with van der Waals surface area (Å²) >= 11 is 0. The maximum atomic E-state index is 13.7. The fourth-order valence-electron chi connectivity index (χ4n) is 7.74. The van der Waals surface area contributed by atoms with Crippen LogP contribution in [0.3, 0.4) is 0 Å². The summed E-state index contributed by atoms with van der Waals surface area (Å²) in [7, 11) is 0. The molecule has 3 N–H and O–H groups in total. The highest BCUT2D eigenvalue weighted by Crippen LogP contribution is 2.69. The molecule has 4 aliphatic carbocycles. The first-order chi connectivity index (χ1) is 12.3. The van der Waals surface area contributed by atoms with Crippen LogP contribution in [0, 0.1) is 28.1 Å². The van der Waals surface area contributed by atoms with E-state index in [9.17, 15) is 9.59 Å². The average molecular weight is 398 g/mol. The number of carbonyl (C=O) groups is 2. The Balaban J connectivity index is 0.00000210. The quantitative estimate of drug-likeness (QED) is 0.765. The molecule has 1 heterocycles. The number of halogens is 1. The van der Waals surface area contributed by atoms with Gasteiger partial charge in [-0.1, -0.05) is 13.8 Å².